The van der Waals surface area contributed by atoms with Crippen LogP contribution < -0.4 is 0 Å². The molecule has 0 aromatic rings. The first-order valence-corrected chi connectivity index (χ1v) is 7.87. The molecule has 1 saturated carbocycles. The van der Waals surface area contributed by atoms with E-state index in [1.165, 1.54) is 0 Å². The molecule has 0 aliphatic heterocycles. The molecule has 20 heavy (non-hydrogen) atoms. The third-order valence-electron chi connectivity index (χ3n) is 3.64. The lowest BCUT2D eigenvalue weighted by Crippen LogP contribution is -2.30. The van der Waals surface area contributed by atoms with E-state index in [2.05, 4.69) is 6.92 Å². The monoisotopic (exact) mass is 284 g/mol. The van der Waals surface area contributed by atoms with E-state index in [4.69, 9.17) is 9.47 Å². The van der Waals surface area contributed by atoms with E-state index in [1.54, 1.807) is 0 Å². The van der Waals surface area contributed by atoms with Crippen LogP contribution in [0.5, 0.6) is 0 Å². The van der Waals surface area contributed by atoms with Crippen LogP contribution in [0.1, 0.15) is 59.3 Å². The minimum Gasteiger partial charge on any atom is -0.465 e. The number of carbonyl (C=O) groups excluding carboxylic acids is 2. The SMILES string of the molecule is CCCCOC(=O)C1CCCC(C(=O)OCC(C)C)C1. The summed E-state index contributed by atoms with van der Waals surface area (Å²) < 4.78 is 10.5. The van der Waals surface area contributed by atoms with Crippen LogP contribution in [0, 0.1) is 17.8 Å². The van der Waals surface area contributed by atoms with Crippen LogP contribution >= 0.6 is 0 Å². The molecule has 1 aliphatic carbocycles. The molecule has 1 fully saturated rings. The highest BCUT2D eigenvalue weighted by Crippen LogP contribution is 2.30. The number of esters is 2. The van der Waals surface area contributed by atoms with E-state index >= 15 is 0 Å². The molecule has 2 atom stereocenters. The Morgan fingerprint density at radius 1 is 1.10 bits per heavy atom. The smallest absolute Gasteiger partial charge is 0.308 e. The zero-order valence-electron chi connectivity index (χ0n) is 13.0. The fourth-order valence-corrected chi connectivity index (χ4v) is 2.42. The van der Waals surface area contributed by atoms with Gasteiger partial charge in [0.2, 0.25) is 0 Å². The lowest BCUT2D eigenvalue weighted by molar-refractivity contribution is -0.155. The lowest BCUT2D eigenvalue weighted by atomic mass is 9.81. The number of rotatable bonds is 7. The highest BCUT2D eigenvalue weighted by Gasteiger charge is 2.32. The van der Waals surface area contributed by atoms with Gasteiger partial charge in [-0.1, -0.05) is 33.6 Å². The Morgan fingerprint density at radius 2 is 1.70 bits per heavy atom. The molecule has 0 heterocycles. The van der Waals surface area contributed by atoms with Gasteiger partial charge in [-0.25, -0.2) is 0 Å². The zero-order chi connectivity index (χ0) is 15.0. The molecule has 0 bridgehead atoms. The third kappa shape index (κ3) is 5.93. The molecular formula is C16H28O4. The Labute approximate surface area is 122 Å². The molecule has 0 spiro atoms. The van der Waals surface area contributed by atoms with Crippen molar-refractivity contribution in [1.29, 1.82) is 0 Å². The van der Waals surface area contributed by atoms with Crippen LogP contribution in [-0.2, 0) is 19.1 Å². The van der Waals surface area contributed by atoms with Crippen LogP contribution in [0.25, 0.3) is 0 Å². The van der Waals surface area contributed by atoms with Gasteiger partial charge in [-0.3, -0.25) is 9.59 Å². The number of carbonyl (C=O) groups is 2. The molecule has 0 amide bonds. The molecule has 4 heteroatoms. The standard InChI is InChI=1S/C16H28O4/c1-4-5-9-19-15(17)13-7-6-8-14(10-13)16(18)20-11-12(2)3/h12-14H,4-11H2,1-3H3. The van der Waals surface area contributed by atoms with Crippen molar-refractivity contribution in [3.05, 3.63) is 0 Å². The van der Waals surface area contributed by atoms with Crippen molar-refractivity contribution in [1.82, 2.24) is 0 Å². The Kier molecular flexibility index (Phi) is 7.63. The second-order valence-corrected chi connectivity index (χ2v) is 6.11. The van der Waals surface area contributed by atoms with Crippen LogP contribution in [0.2, 0.25) is 0 Å². The second kappa shape index (κ2) is 8.98. The molecule has 1 rings (SSSR count). The van der Waals surface area contributed by atoms with Crippen LogP contribution in [0.4, 0.5) is 0 Å². The summed E-state index contributed by atoms with van der Waals surface area (Å²) in [6, 6.07) is 0. The molecule has 0 N–H and O–H groups in total. The van der Waals surface area contributed by atoms with Gasteiger partial charge < -0.3 is 9.47 Å². The number of hydrogen-bond donors (Lipinski definition) is 0. The van der Waals surface area contributed by atoms with Crippen molar-refractivity contribution in [3.8, 4) is 0 Å². The highest BCUT2D eigenvalue weighted by atomic mass is 16.5. The van der Waals surface area contributed by atoms with Crippen molar-refractivity contribution >= 4 is 11.9 Å². The largest absolute Gasteiger partial charge is 0.465 e. The molecule has 0 aromatic carbocycles. The lowest BCUT2D eigenvalue weighted by Gasteiger charge is -2.26. The van der Waals surface area contributed by atoms with Gasteiger partial charge in [-0.2, -0.15) is 0 Å². The summed E-state index contributed by atoms with van der Waals surface area (Å²) in [5.41, 5.74) is 0. The summed E-state index contributed by atoms with van der Waals surface area (Å²) >= 11 is 0. The fourth-order valence-electron chi connectivity index (χ4n) is 2.42. The molecule has 0 radical (unpaired) electrons. The Bertz CT molecular complexity index is 312. The third-order valence-corrected chi connectivity index (χ3v) is 3.64. The first-order chi connectivity index (χ1) is 9.54. The van der Waals surface area contributed by atoms with Gasteiger partial charge in [0.25, 0.3) is 0 Å². The molecule has 1 aliphatic rings. The first kappa shape index (κ1) is 17.0. The predicted molar refractivity (Wildman–Crippen MR) is 77.1 cm³/mol. The topological polar surface area (TPSA) is 52.6 Å². The first-order valence-electron chi connectivity index (χ1n) is 7.87. The maximum atomic E-state index is 12.0. The summed E-state index contributed by atoms with van der Waals surface area (Å²) in [6.07, 6.45) is 5.06. The zero-order valence-corrected chi connectivity index (χ0v) is 13.0. The molecule has 0 aromatic heterocycles. The Hall–Kier alpha value is -1.06. The van der Waals surface area contributed by atoms with Gasteiger partial charge in [0.1, 0.15) is 0 Å². The Morgan fingerprint density at radius 3 is 2.25 bits per heavy atom. The van der Waals surface area contributed by atoms with Crippen molar-refractivity contribution in [2.24, 2.45) is 17.8 Å². The number of hydrogen-bond acceptors (Lipinski definition) is 4. The van der Waals surface area contributed by atoms with Gasteiger partial charge in [0.05, 0.1) is 25.0 Å². The van der Waals surface area contributed by atoms with Gasteiger partial charge >= 0.3 is 11.9 Å². The minimum absolute atomic E-state index is 0.128. The maximum absolute atomic E-state index is 12.0. The van der Waals surface area contributed by atoms with Crippen molar-refractivity contribution < 1.29 is 19.1 Å². The molecule has 2 unspecified atom stereocenters. The predicted octanol–water partition coefficient (Wildman–Crippen LogP) is 3.34. The van der Waals surface area contributed by atoms with Crippen molar-refractivity contribution in [2.45, 2.75) is 59.3 Å². The van der Waals surface area contributed by atoms with Gasteiger partial charge in [-0.05, 0) is 31.6 Å². The van der Waals surface area contributed by atoms with E-state index in [-0.39, 0.29) is 23.8 Å². The van der Waals surface area contributed by atoms with Crippen molar-refractivity contribution in [2.75, 3.05) is 13.2 Å². The summed E-state index contributed by atoms with van der Waals surface area (Å²) in [6.45, 7) is 7.05. The summed E-state index contributed by atoms with van der Waals surface area (Å²) in [4.78, 5) is 23.9. The minimum atomic E-state index is -0.148. The van der Waals surface area contributed by atoms with Crippen LogP contribution in [0.3, 0.4) is 0 Å². The maximum Gasteiger partial charge on any atom is 0.308 e. The molecule has 0 saturated heterocycles. The van der Waals surface area contributed by atoms with Crippen molar-refractivity contribution in [3.63, 3.8) is 0 Å². The van der Waals surface area contributed by atoms with E-state index in [0.717, 1.165) is 32.1 Å². The van der Waals surface area contributed by atoms with E-state index in [0.29, 0.717) is 25.6 Å². The van der Waals surface area contributed by atoms with E-state index < -0.39 is 0 Å². The summed E-state index contributed by atoms with van der Waals surface area (Å²) in [5.74, 6) is -0.203. The average Bonchev–Trinajstić information content (AvgIpc) is 2.45. The van der Waals surface area contributed by atoms with E-state index in [1.807, 2.05) is 13.8 Å². The van der Waals surface area contributed by atoms with Crippen LogP contribution in [0.15, 0.2) is 0 Å². The normalized spacial score (nSPS) is 22.6. The summed E-state index contributed by atoms with van der Waals surface area (Å²) in [5, 5.41) is 0. The number of ether oxygens (including phenoxy) is 2. The van der Waals surface area contributed by atoms with Gasteiger partial charge in [0.15, 0.2) is 0 Å². The molecule has 4 nitrogen and oxygen atoms in total. The van der Waals surface area contributed by atoms with Crippen LogP contribution in [-0.4, -0.2) is 25.2 Å². The summed E-state index contributed by atoms with van der Waals surface area (Å²) in [7, 11) is 0. The second-order valence-electron chi connectivity index (χ2n) is 6.11. The quantitative estimate of drug-likeness (QED) is 0.531. The van der Waals surface area contributed by atoms with Gasteiger partial charge in [-0.15, -0.1) is 0 Å². The highest BCUT2D eigenvalue weighted by molar-refractivity contribution is 5.76. The van der Waals surface area contributed by atoms with E-state index in [9.17, 15) is 9.59 Å². The Balaban J connectivity index is 2.37. The fraction of sp³-hybridized carbons (Fsp3) is 0.875. The molecule has 116 valence electrons. The number of unbranched alkanes of at least 4 members (excludes halogenated alkanes) is 1. The average molecular weight is 284 g/mol. The van der Waals surface area contributed by atoms with Gasteiger partial charge in [0, 0.05) is 0 Å². The molecular weight excluding hydrogens is 256 g/mol.